The lowest BCUT2D eigenvalue weighted by atomic mass is 10.2. The molecule has 0 aliphatic heterocycles. The molecule has 1 aromatic heterocycles. The molecule has 0 atom stereocenters. The molecule has 0 saturated heterocycles. The van der Waals surface area contributed by atoms with E-state index < -0.39 is 18.4 Å². The Labute approximate surface area is 156 Å². The van der Waals surface area contributed by atoms with Crippen LogP contribution in [-0.4, -0.2) is 28.0 Å². The Morgan fingerprint density at radius 1 is 1.31 bits per heavy atom. The minimum atomic E-state index is -0.684. The Morgan fingerprint density at radius 3 is 2.54 bits per heavy atom. The molecule has 5 nitrogen and oxygen atoms in total. The van der Waals surface area contributed by atoms with Gasteiger partial charge in [-0.2, -0.15) is 5.10 Å². The van der Waals surface area contributed by atoms with Gasteiger partial charge in [0.25, 0.3) is 0 Å². The summed E-state index contributed by atoms with van der Waals surface area (Å²) in [5, 5.41) is 6.99. The van der Waals surface area contributed by atoms with Crippen LogP contribution in [-0.2, 0) is 18.0 Å². The van der Waals surface area contributed by atoms with Crippen LogP contribution in [0.5, 0.6) is 0 Å². The summed E-state index contributed by atoms with van der Waals surface area (Å²) in [5.41, 5.74) is 0.544. The number of halogens is 2. The summed E-state index contributed by atoms with van der Waals surface area (Å²) in [7, 11) is 0. The van der Waals surface area contributed by atoms with Gasteiger partial charge < -0.3 is 10.1 Å². The van der Waals surface area contributed by atoms with E-state index in [2.05, 4.69) is 10.4 Å². The highest BCUT2D eigenvalue weighted by atomic mass is 32.2. The number of ether oxygens (including phenoxy) is 1. The number of nitrogens with one attached hydrogen (secondary N) is 1. The standard InChI is InChI=1S/C18H23F2N3O2S/c1-12-16(26-14-7-5-13(20)6-8-14)15(11-19)23(22-12)10-9-21-17(24)25-18(2,3)4/h5-8H,9-11H2,1-4H3,(H,21,24). The first-order chi connectivity index (χ1) is 12.2. The molecular weight excluding hydrogens is 360 g/mol. The summed E-state index contributed by atoms with van der Waals surface area (Å²) in [5.74, 6) is -0.319. The fraction of sp³-hybridized carbons (Fsp3) is 0.444. The second kappa shape index (κ2) is 8.53. The van der Waals surface area contributed by atoms with Crippen molar-refractivity contribution in [1.29, 1.82) is 0 Å². The number of hydrogen-bond acceptors (Lipinski definition) is 4. The zero-order valence-electron chi connectivity index (χ0n) is 15.3. The maximum Gasteiger partial charge on any atom is 0.407 e. The summed E-state index contributed by atoms with van der Waals surface area (Å²) in [6.45, 7) is 7.05. The summed E-state index contributed by atoms with van der Waals surface area (Å²) < 4.78 is 33.3. The minimum absolute atomic E-state index is 0.268. The van der Waals surface area contributed by atoms with Gasteiger partial charge in [-0.3, -0.25) is 4.68 Å². The number of benzene rings is 1. The predicted octanol–water partition coefficient (Wildman–Crippen LogP) is 4.48. The van der Waals surface area contributed by atoms with Gasteiger partial charge >= 0.3 is 6.09 Å². The number of hydrogen-bond donors (Lipinski definition) is 1. The van der Waals surface area contributed by atoms with Gasteiger partial charge in [0.05, 0.1) is 22.8 Å². The highest BCUT2D eigenvalue weighted by Gasteiger charge is 2.18. The van der Waals surface area contributed by atoms with Gasteiger partial charge in [0.2, 0.25) is 0 Å². The maximum absolute atomic E-state index is 13.6. The number of alkyl halides is 1. The summed E-state index contributed by atoms with van der Waals surface area (Å²) in [4.78, 5) is 13.2. The molecule has 2 aromatic rings. The third kappa shape index (κ3) is 5.72. The van der Waals surface area contributed by atoms with Crippen molar-refractivity contribution in [3.63, 3.8) is 0 Å². The molecule has 0 fully saturated rings. The summed E-state index contributed by atoms with van der Waals surface area (Å²) in [6, 6.07) is 6.01. The molecule has 0 aliphatic carbocycles. The minimum Gasteiger partial charge on any atom is -0.444 e. The lowest BCUT2D eigenvalue weighted by molar-refractivity contribution is 0.0525. The molecule has 0 saturated carbocycles. The predicted molar refractivity (Wildman–Crippen MR) is 96.5 cm³/mol. The molecular formula is C18H23F2N3O2S. The average Bonchev–Trinajstić information content (AvgIpc) is 2.83. The van der Waals surface area contributed by atoms with E-state index in [4.69, 9.17) is 4.74 Å². The lowest BCUT2D eigenvalue weighted by Gasteiger charge is -2.19. The second-order valence-corrected chi connectivity index (χ2v) is 7.79. The first kappa shape index (κ1) is 20.2. The highest BCUT2D eigenvalue weighted by Crippen LogP contribution is 2.33. The number of rotatable bonds is 6. The van der Waals surface area contributed by atoms with Crippen LogP contribution in [0.15, 0.2) is 34.1 Å². The first-order valence-electron chi connectivity index (χ1n) is 8.22. The maximum atomic E-state index is 13.6. The molecule has 0 bridgehead atoms. The summed E-state index contributed by atoms with van der Waals surface area (Å²) >= 11 is 1.34. The molecule has 1 N–H and O–H groups in total. The molecule has 0 unspecified atom stereocenters. The zero-order valence-corrected chi connectivity index (χ0v) is 16.1. The number of aromatic nitrogens is 2. The Morgan fingerprint density at radius 2 is 1.96 bits per heavy atom. The molecule has 1 heterocycles. The lowest BCUT2D eigenvalue weighted by Crippen LogP contribution is -2.34. The number of nitrogens with zero attached hydrogens (tertiary/aromatic N) is 2. The first-order valence-corrected chi connectivity index (χ1v) is 9.04. The third-order valence-electron chi connectivity index (χ3n) is 3.32. The van der Waals surface area contributed by atoms with E-state index in [1.807, 2.05) is 0 Å². The van der Waals surface area contributed by atoms with Crippen molar-refractivity contribution >= 4 is 17.9 Å². The van der Waals surface area contributed by atoms with Crippen LogP contribution < -0.4 is 5.32 Å². The van der Waals surface area contributed by atoms with E-state index in [1.165, 1.54) is 23.9 Å². The molecule has 8 heteroatoms. The molecule has 1 aromatic carbocycles. The molecule has 26 heavy (non-hydrogen) atoms. The van der Waals surface area contributed by atoms with Crippen LogP contribution >= 0.6 is 11.8 Å². The van der Waals surface area contributed by atoms with E-state index in [0.717, 1.165) is 4.90 Å². The topological polar surface area (TPSA) is 56.2 Å². The van der Waals surface area contributed by atoms with Crippen molar-refractivity contribution in [2.75, 3.05) is 6.54 Å². The van der Waals surface area contributed by atoms with E-state index in [1.54, 1.807) is 44.5 Å². The Kier molecular flexibility index (Phi) is 6.63. The Bertz CT molecular complexity index is 755. The van der Waals surface area contributed by atoms with Crippen LogP contribution in [0.4, 0.5) is 13.6 Å². The van der Waals surface area contributed by atoms with Crippen LogP contribution in [0.2, 0.25) is 0 Å². The fourth-order valence-corrected chi connectivity index (χ4v) is 3.23. The van der Waals surface area contributed by atoms with Gasteiger partial charge in [-0.05, 0) is 52.0 Å². The molecule has 142 valence electrons. The van der Waals surface area contributed by atoms with E-state index in [0.29, 0.717) is 22.8 Å². The van der Waals surface area contributed by atoms with Crippen molar-refractivity contribution in [3.05, 3.63) is 41.5 Å². The van der Waals surface area contributed by atoms with Crippen LogP contribution in [0, 0.1) is 12.7 Å². The highest BCUT2D eigenvalue weighted by molar-refractivity contribution is 7.99. The van der Waals surface area contributed by atoms with Crippen molar-refractivity contribution in [3.8, 4) is 0 Å². The van der Waals surface area contributed by atoms with Crippen molar-refractivity contribution in [2.45, 2.75) is 56.3 Å². The van der Waals surface area contributed by atoms with E-state index >= 15 is 0 Å². The largest absolute Gasteiger partial charge is 0.444 e. The van der Waals surface area contributed by atoms with Crippen molar-refractivity contribution in [1.82, 2.24) is 15.1 Å². The van der Waals surface area contributed by atoms with Gasteiger partial charge in [-0.25, -0.2) is 13.6 Å². The van der Waals surface area contributed by atoms with Gasteiger partial charge in [0, 0.05) is 11.4 Å². The summed E-state index contributed by atoms with van der Waals surface area (Å²) in [6.07, 6.45) is -0.524. The van der Waals surface area contributed by atoms with Crippen molar-refractivity contribution < 1.29 is 18.3 Å². The van der Waals surface area contributed by atoms with Crippen LogP contribution in [0.25, 0.3) is 0 Å². The van der Waals surface area contributed by atoms with Gasteiger partial charge in [-0.1, -0.05) is 11.8 Å². The van der Waals surface area contributed by atoms with Gasteiger partial charge in [0.1, 0.15) is 18.1 Å². The SMILES string of the molecule is Cc1nn(CCNC(=O)OC(C)(C)C)c(CF)c1Sc1ccc(F)cc1. The van der Waals surface area contributed by atoms with Gasteiger partial charge in [-0.15, -0.1) is 0 Å². The van der Waals surface area contributed by atoms with Crippen LogP contribution in [0.1, 0.15) is 32.2 Å². The van der Waals surface area contributed by atoms with Gasteiger partial charge in [0.15, 0.2) is 0 Å². The monoisotopic (exact) mass is 383 g/mol. The smallest absolute Gasteiger partial charge is 0.407 e. The van der Waals surface area contributed by atoms with E-state index in [9.17, 15) is 13.6 Å². The molecule has 0 aliphatic rings. The number of alkyl carbamates (subject to hydrolysis) is 1. The number of carbonyl (C=O) groups excluding carboxylic acids is 1. The fourth-order valence-electron chi connectivity index (χ4n) is 2.26. The van der Waals surface area contributed by atoms with E-state index in [-0.39, 0.29) is 12.4 Å². The van der Waals surface area contributed by atoms with Crippen molar-refractivity contribution in [2.24, 2.45) is 0 Å². The number of carbonyl (C=O) groups is 1. The number of amides is 1. The average molecular weight is 383 g/mol. The zero-order chi connectivity index (χ0) is 19.3. The second-order valence-electron chi connectivity index (χ2n) is 6.70. The number of aryl methyl sites for hydroxylation is 1. The molecule has 1 amide bonds. The van der Waals surface area contributed by atoms with Crippen LogP contribution in [0.3, 0.4) is 0 Å². The Balaban J connectivity index is 2.03. The third-order valence-corrected chi connectivity index (χ3v) is 4.57. The quantitative estimate of drug-likeness (QED) is 0.799. The molecule has 0 spiro atoms. The normalized spacial score (nSPS) is 11.5. The Hall–Kier alpha value is -2.09. The molecule has 2 rings (SSSR count). The molecule has 0 radical (unpaired) electrons.